The smallest absolute Gasteiger partial charge is 0.248 e. The summed E-state index contributed by atoms with van der Waals surface area (Å²) in [4.78, 5) is 69.6. The van der Waals surface area contributed by atoms with Crippen molar-refractivity contribution in [1.82, 2.24) is 39.7 Å². The molecule has 2 amide bonds. The third-order valence-electron chi connectivity index (χ3n) is 10.7. The van der Waals surface area contributed by atoms with Gasteiger partial charge >= 0.3 is 0 Å². The number of carbonyl (C=O) groups is 2. The first kappa shape index (κ1) is 38.4. The number of amides is 2. The minimum absolute atomic E-state index is 0.00402. The summed E-state index contributed by atoms with van der Waals surface area (Å²) in [7, 11) is 1.40. The summed E-state index contributed by atoms with van der Waals surface area (Å²) in [6.07, 6.45) is 13.2. The number of rotatable bonds is 14. The van der Waals surface area contributed by atoms with E-state index in [4.69, 9.17) is 14.9 Å². The maximum atomic E-state index is 13.8. The molecule has 2 aliphatic rings. The number of hydrogen-bond donors (Lipinski definition) is 3. The fourth-order valence-electron chi connectivity index (χ4n) is 7.69. The lowest BCUT2D eigenvalue weighted by atomic mass is 10.0. The Morgan fingerprint density at radius 1 is 0.750 bits per heavy atom. The van der Waals surface area contributed by atoms with Crippen LogP contribution in [-0.2, 0) is 19.4 Å². The van der Waals surface area contributed by atoms with Gasteiger partial charge in [-0.05, 0) is 59.8 Å². The Morgan fingerprint density at radius 2 is 1.25 bits per heavy atom. The first-order valence-electron chi connectivity index (χ1n) is 19.4. The molecule has 4 atom stereocenters. The molecule has 14 nitrogen and oxygen atoms in total. The molecule has 14 heteroatoms. The topological polar surface area (TPSA) is 167 Å². The van der Waals surface area contributed by atoms with Gasteiger partial charge in [-0.15, -0.1) is 0 Å². The standard InChI is InChI=1S/C42H50N10O4/c1-26(2)37(47-25-56-55-5)41(53)51-18-6-8-35(51)39-45-22-33(49-39)30-14-10-28(11-15-30)29-12-16-31(17-13-29)34-23-46-40(50-34)36-9-7-19-52(36)42(54)38(27(3)4)48-32-20-43-24-44-21-32/h10-17,20-27,35-38,48H,6-9,18-19H2,1-5H3,(H,45,49)(H,46,50)/b47-25-/t35-,36-,37-,38-/m0/s1. The molecule has 0 radical (unpaired) electrons. The van der Waals surface area contributed by atoms with Crippen LogP contribution >= 0.6 is 0 Å². The molecule has 2 aliphatic heterocycles. The van der Waals surface area contributed by atoms with Gasteiger partial charge in [0.2, 0.25) is 18.2 Å². The van der Waals surface area contributed by atoms with Crippen molar-refractivity contribution in [1.29, 1.82) is 0 Å². The van der Waals surface area contributed by atoms with Crippen LogP contribution in [0.4, 0.5) is 5.69 Å². The SMILES string of the molecule is COO/C=N\[C@H](C(=O)N1CCC[C@H]1c1ncc(-c2ccc(-c3ccc(-c4cnc([C@@H]5CCCN5C(=O)[C@@H](Nc5cncnc5)C(C)C)[nH]4)cc3)cc2)[nH]1)C(C)C. The molecular weight excluding hydrogens is 709 g/mol. The lowest BCUT2D eigenvalue weighted by molar-refractivity contribution is -0.188. The average Bonchev–Trinajstić information content (AvgIpc) is 4.06. The fraction of sp³-hybridized carbons (Fsp3) is 0.405. The zero-order valence-corrected chi connectivity index (χ0v) is 32.6. The number of carbonyl (C=O) groups excluding carboxylic acids is 2. The van der Waals surface area contributed by atoms with E-state index >= 15 is 0 Å². The van der Waals surface area contributed by atoms with E-state index in [-0.39, 0.29) is 35.7 Å². The number of aromatic nitrogens is 6. The van der Waals surface area contributed by atoms with E-state index in [0.29, 0.717) is 13.1 Å². The van der Waals surface area contributed by atoms with Gasteiger partial charge in [0.15, 0.2) is 0 Å². The number of aromatic amines is 2. The number of nitrogens with one attached hydrogen (secondary N) is 3. The zero-order chi connectivity index (χ0) is 39.2. The molecular formula is C42H50N10O4. The van der Waals surface area contributed by atoms with Gasteiger partial charge in [-0.1, -0.05) is 76.2 Å². The van der Waals surface area contributed by atoms with E-state index < -0.39 is 12.1 Å². The van der Waals surface area contributed by atoms with Crippen molar-refractivity contribution >= 4 is 23.9 Å². The van der Waals surface area contributed by atoms with Gasteiger partial charge in [0.25, 0.3) is 0 Å². The molecule has 5 aromatic rings. The monoisotopic (exact) mass is 758 g/mol. The third-order valence-corrected chi connectivity index (χ3v) is 10.7. The number of nitrogens with zero attached hydrogens (tertiary/aromatic N) is 7. The molecule has 2 aromatic carbocycles. The molecule has 2 fully saturated rings. The van der Waals surface area contributed by atoms with Crippen LogP contribution in [0, 0.1) is 11.8 Å². The maximum Gasteiger partial charge on any atom is 0.248 e. The summed E-state index contributed by atoms with van der Waals surface area (Å²) in [5, 5.41) is 3.34. The van der Waals surface area contributed by atoms with E-state index in [1.54, 1.807) is 12.4 Å². The van der Waals surface area contributed by atoms with E-state index in [1.165, 1.54) is 19.8 Å². The van der Waals surface area contributed by atoms with Crippen molar-refractivity contribution in [2.75, 3.05) is 25.5 Å². The van der Waals surface area contributed by atoms with Gasteiger partial charge in [-0.3, -0.25) is 9.59 Å². The van der Waals surface area contributed by atoms with Crippen LogP contribution in [0.1, 0.15) is 77.1 Å². The highest BCUT2D eigenvalue weighted by Crippen LogP contribution is 2.35. The molecule has 0 aliphatic carbocycles. The van der Waals surface area contributed by atoms with Crippen LogP contribution < -0.4 is 5.32 Å². The molecule has 292 valence electrons. The van der Waals surface area contributed by atoms with Crippen LogP contribution in [0.2, 0.25) is 0 Å². The second-order valence-electron chi connectivity index (χ2n) is 15.1. The third kappa shape index (κ3) is 8.35. The van der Waals surface area contributed by atoms with Crippen LogP contribution in [0.15, 0.2) is 84.6 Å². The molecule has 0 bridgehead atoms. The quantitative estimate of drug-likeness (QED) is 0.0467. The molecule has 5 heterocycles. The lowest BCUT2D eigenvalue weighted by Crippen LogP contribution is -2.45. The second-order valence-corrected chi connectivity index (χ2v) is 15.1. The number of H-pyrrole nitrogens is 2. The van der Waals surface area contributed by atoms with E-state index in [0.717, 1.165) is 76.7 Å². The summed E-state index contributed by atoms with van der Waals surface area (Å²) >= 11 is 0. The Morgan fingerprint density at radius 3 is 1.73 bits per heavy atom. The Hall–Kier alpha value is -5.89. The molecule has 56 heavy (non-hydrogen) atoms. The Bertz CT molecular complexity index is 2100. The maximum absolute atomic E-state index is 13.8. The van der Waals surface area contributed by atoms with Gasteiger partial charge in [0, 0.05) is 13.1 Å². The van der Waals surface area contributed by atoms with Gasteiger partial charge in [0.05, 0.1) is 61.1 Å². The summed E-state index contributed by atoms with van der Waals surface area (Å²) in [6, 6.07) is 15.5. The van der Waals surface area contributed by atoms with Crippen molar-refractivity contribution in [3.05, 3.63) is 91.3 Å². The van der Waals surface area contributed by atoms with Gasteiger partial charge in [0.1, 0.15) is 30.1 Å². The minimum atomic E-state index is -0.568. The van der Waals surface area contributed by atoms with Gasteiger partial charge in [-0.25, -0.2) is 24.9 Å². The molecule has 0 unspecified atom stereocenters. The molecule has 3 aromatic heterocycles. The fourth-order valence-corrected chi connectivity index (χ4v) is 7.69. The highest BCUT2D eigenvalue weighted by atomic mass is 17.2. The van der Waals surface area contributed by atoms with Crippen molar-refractivity contribution in [3.8, 4) is 33.6 Å². The highest BCUT2D eigenvalue weighted by molar-refractivity contribution is 5.86. The van der Waals surface area contributed by atoms with E-state index in [1.807, 2.05) is 49.9 Å². The second kappa shape index (κ2) is 17.3. The first-order chi connectivity index (χ1) is 27.2. The zero-order valence-electron chi connectivity index (χ0n) is 32.6. The highest BCUT2D eigenvalue weighted by Gasteiger charge is 2.38. The summed E-state index contributed by atoms with van der Waals surface area (Å²) in [5.74, 6) is 1.65. The number of aliphatic imine (C=N–C) groups is 1. The average molecular weight is 759 g/mol. The molecule has 3 N–H and O–H groups in total. The van der Waals surface area contributed by atoms with Crippen LogP contribution in [-0.4, -0.2) is 90.2 Å². The van der Waals surface area contributed by atoms with Crippen LogP contribution in [0.25, 0.3) is 33.6 Å². The summed E-state index contributed by atoms with van der Waals surface area (Å²) in [6.45, 7) is 9.36. The Kier molecular flexibility index (Phi) is 11.8. The van der Waals surface area contributed by atoms with Crippen LogP contribution in [0.5, 0.6) is 0 Å². The predicted molar refractivity (Wildman–Crippen MR) is 214 cm³/mol. The number of hydrogen-bond acceptors (Lipinski definition) is 10. The summed E-state index contributed by atoms with van der Waals surface area (Å²) in [5.41, 5.74) is 6.74. The van der Waals surface area contributed by atoms with Crippen molar-refractivity contribution in [3.63, 3.8) is 0 Å². The largest absolute Gasteiger partial charge is 0.371 e. The number of imidazole rings is 2. The Balaban J connectivity index is 0.996. The van der Waals surface area contributed by atoms with E-state index in [2.05, 4.69) is 83.7 Å². The van der Waals surface area contributed by atoms with Crippen molar-refractivity contribution in [2.24, 2.45) is 16.8 Å². The lowest BCUT2D eigenvalue weighted by Gasteiger charge is -2.30. The molecule has 2 saturated heterocycles. The van der Waals surface area contributed by atoms with Crippen molar-refractivity contribution < 1.29 is 19.4 Å². The predicted octanol–water partition coefficient (Wildman–Crippen LogP) is 7.02. The van der Waals surface area contributed by atoms with Crippen molar-refractivity contribution in [2.45, 2.75) is 77.5 Å². The van der Waals surface area contributed by atoms with Gasteiger partial charge in [-0.2, -0.15) is 4.89 Å². The molecule has 0 saturated carbocycles. The van der Waals surface area contributed by atoms with Gasteiger partial charge < -0.3 is 30.0 Å². The van der Waals surface area contributed by atoms with E-state index in [9.17, 15) is 9.59 Å². The molecule has 0 spiro atoms. The summed E-state index contributed by atoms with van der Waals surface area (Å²) < 4.78 is 0. The number of benzene rings is 2. The first-order valence-corrected chi connectivity index (χ1v) is 19.4. The van der Waals surface area contributed by atoms with Crippen LogP contribution in [0.3, 0.4) is 0 Å². The minimum Gasteiger partial charge on any atom is -0.371 e. The Labute approximate surface area is 327 Å². The number of likely N-dealkylation sites (tertiary alicyclic amines) is 2. The number of anilines is 1. The normalized spacial score (nSPS) is 18.3. The molecule has 7 rings (SSSR count).